The van der Waals surface area contributed by atoms with E-state index in [4.69, 9.17) is 9.72 Å². The van der Waals surface area contributed by atoms with Crippen LogP contribution in [0.1, 0.15) is 43.4 Å². The number of carboxylic acids is 1. The molecule has 0 aliphatic rings. The molecule has 0 fully saturated rings. The molecule has 5 aromatic rings. The smallest absolute Gasteiger partial charge is 0.323 e. The Morgan fingerprint density at radius 1 is 1.10 bits per heavy atom. The topological polar surface area (TPSA) is 98.7 Å². The summed E-state index contributed by atoms with van der Waals surface area (Å²) in [5, 5.41) is 15.3. The van der Waals surface area contributed by atoms with E-state index < -0.39 is 5.97 Å². The number of carboxylic acid groups (broad SMARTS) is 1. The number of para-hydroxylation sites is 2. The number of carbonyl (C=O) groups is 1. The van der Waals surface area contributed by atoms with E-state index in [0.717, 1.165) is 33.3 Å². The molecule has 3 aromatic carbocycles. The molecule has 0 atom stereocenters. The first-order valence-corrected chi connectivity index (χ1v) is 12.9. The molecule has 0 spiro atoms. The van der Waals surface area contributed by atoms with Gasteiger partial charge in [0.15, 0.2) is 5.82 Å². The van der Waals surface area contributed by atoms with Crippen LogP contribution in [0.5, 0.6) is 5.75 Å². The minimum atomic E-state index is -0.941. The van der Waals surface area contributed by atoms with Gasteiger partial charge in [-0.05, 0) is 61.2 Å². The number of ether oxygens (including phenoxy) is 1. The summed E-state index contributed by atoms with van der Waals surface area (Å²) < 4.78 is 8.90. The van der Waals surface area contributed by atoms with Crippen LogP contribution >= 0.6 is 0 Å². The van der Waals surface area contributed by atoms with Crippen molar-refractivity contribution in [3.63, 3.8) is 0 Å². The quantitative estimate of drug-likeness (QED) is 0.259. The molecular formula is C31H30N4O4. The van der Waals surface area contributed by atoms with Crippen LogP contribution in [0.15, 0.2) is 76.8 Å². The van der Waals surface area contributed by atoms with Crippen LogP contribution in [0.25, 0.3) is 33.2 Å². The van der Waals surface area contributed by atoms with Gasteiger partial charge in [0.1, 0.15) is 12.3 Å². The Morgan fingerprint density at radius 2 is 1.82 bits per heavy atom. The molecule has 0 saturated carbocycles. The summed E-state index contributed by atoms with van der Waals surface area (Å²) in [5.74, 6) is 0.489. The first-order chi connectivity index (χ1) is 18.8. The van der Waals surface area contributed by atoms with Crippen LogP contribution in [-0.4, -0.2) is 38.1 Å². The molecule has 198 valence electrons. The van der Waals surface area contributed by atoms with E-state index in [0.29, 0.717) is 28.9 Å². The number of hydrogen-bond donors (Lipinski definition) is 1. The number of aromatic nitrogens is 3. The van der Waals surface area contributed by atoms with Gasteiger partial charge in [-0.2, -0.15) is 9.78 Å². The van der Waals surface area contributed by atoms with Crippen LogP contribution in [0, 0.1) is 6.92 Å². The predicted octanol–water partition coefficient (Wildman–Crippen LogP) is 5.82. The van der Waals surface area contributed by atoms with Crippen LogP contribution in [-0.2, 0) is 11.3 Å². The number of aryl methyl sites for hydroxylation is 1. The van der Waals surface area contributed by atoms with Crippen molar-refractivity contribution < 1.29 is 14.6 Å². The fraction of sp³-hybridized carbons (Fsp3) is 0.226. The average molecular weight is 523 g/mol. The van der Waals surface area contributed by atoms with E-state index in [9.17, 15) is 14.7 Å². The van der Waals surface area contributed by atoms with Gasteiger partial charge in [-0.15, -0.1) is 0 Å². The predicted molar refractivity (Wildman–Crippen MR) is 154 cm³/mol. The number of fused-ring (bicyclic) bond motifs is 2. The van der Waals surface area contributed by atoms with Crippen molar-refractivity contribution >= 4 is 34.0 Å². The third kappa shape index (κ3) is 4.93. The van der Waals surface area contributed by atoms with E-state index in [1.807, 2.05) is 62.4 Å². The molecule has 0 unspecified atom stereocenters. The highest BCUT2D eigenvalue weighted by atomic mass is 16.5. The van der Waals surface area contributed by atoms with Crippen molar-refractivity contribution in [2.75, 3.05) is 6.61 Å². The Morgan fingerprint density at radius 3 is 2.54 bits per heavy atom. The maximum absolute atomic E-state index is 13.8. The van der Waals surface area contributed by atoms with E-state index in [2.05, 4.69) is 18.9 Å². The van der Waals surface area contributed by atoms with Gasteiger partial charge in [0.2, 0.25) is 0 Å². The van der Waals surface area contributed by atoms with Crippen molar-refractivity contribution in [2.45, 2.75) is 40.2 Å². The number of benzene rings is 3. The van der Waals surface area contributed by atoms with Crippen LogP contribution in [0.3, 0.4) is 0 Å². The van der Waals surface area contributed by atoms with Crippen LogP contribution in [0.2, 0.25) is 0 Å². The Hall–Kier alpha value is -4.72. The number of rotatable bonds is 8. The minimum Gasteiger partial charge on any atom is -0.494 e. The van der Waals surface area contributed by atoms with Crippen molar-refractivity contribution in [1.82, 2.24) is 14.2 Å². The highest BCUT2D eigenvalue weighted by molar-refractivity contribution is 6.00. The maximum atomic E-state index is 13.8. The highest BCUT2D eigenvalue weighted by Crippen LogP contribution is 2.34. The zero-order valence-corrected chi connectivity index (χ0v) is 22.4. The summed E-state index contributed by atoms with van der Waals surface area (Å²) in [4.78, 5) is 30.1. The van der Waals surface area contributed by atoms with E-state index in [-0.39, 0.29) is 18.0 Å². The lowest BCUT2D eigenvalue weighted by Crippen LogP contribution is -2.20. The van der Waals surface area contributed by atoms with Gasteiger partial charge in [0, 0.05) is 28.2 Å². The lowest BCUT2D eigenvalue weighted by atomic mass is 9.96. The van der Waals surface area contributed by atoms with Gasteiger partial charge in [-0.1, -0.05) is 44.2 Å². The lowest BCUT2D eigenvalue weighted by molar-refractivity contribution is -0.137. The second-order valence-corrected chi connectivity index (χ2v) is 9.73. The van der Waals surface area contributed by atoms with Crippen molar-refractivity contribution in [3.8, 4) is 17.1 Å². The molecule has 0 radical (unpaired) electrons. The van der Waals surface area contributed by atoms with Crippen molar-refractivity contribution in [1.29, 1.82) is 0 Å². The van der Waals surface area contributed by atoms with Crippen LogP contribution in [0.4, 0.5) is 0 Å². The standard InChI is InChI=1S/C31H30N4O4/c1-5-39-28-14-20(4)25(15-24(28)19(2)3)30-33-26-12-8-6-11-23(26)31(38)35(30)32-16-21-17-34(18-29(36)37)27-13-9-7-10-22(21)27/h6-17,19H,5,18H2,1-4H3,(H,36,37). The van der Waals surface area contributed by atoms with E-state index in [1.54, 1.807) is 29.1 Å². The van der Waals surface area contributed by atoms with Crippen molar-refractivity contribution in [3.05, 3.63) is 93.9 Å². The van der Waals surface area contributed by atoms with Gasteiger partial charge in [-0.25, -0.2) is 4.98 Å². The second-order valence-electron chi connectivity index (χ2n) is 9.73. The van der Waals surface area contributed by atoms with Gasteiger partial charge in [-0.3, -0.25) is 9.59 Å². The fourth-order valence-corrected chi connectivity index (χ4v) is 4.85. The molecule has 2 heterocycles. The largest absolute Gasteiger partial charge is 0.494 e. The summed E-state index contributed by atoms with van der Waals surface area (Å²) >= 11 is 0. The molecule has 8 nitrogen and oxygen atoms in total. The number of nitrogens with zero attached hydrogens (tertiary/aromatic N) is 4. The normalized spacial score (nSPS) is 11.7. The maximum Gasteiger partial charge on any atom is 0.323 e. The highest BCUT2D eigenvalue weighted by Gasteiger charge is 2.19. The monoisotopic (exact) mass is 522 g/mol. The van der Waals surface area contributed by atoms with Gasteiger partial charge < -0.3 is 14.4 Å². The molecule has 2 aromatic heterocycles. The lowest BCUT2D eigenvalue weighted by Gasteiger charge is -2.18. The first kappa shape index (κ1) is 25.9. The Kier molecular flexibility index (Phi) is 7.02. The summed E-state index contributed by atoms with van der Waals surface area (Å²) in [6.07, 6.45) is 3.33. The molecule has 0 aliphatic heterocycles. The Bertz CT molecular complexity index is 1800. The van der Waals surface area contributed by atoms with Crippen LogP contribution < -0.4 is 10.3 Å². The third-order valence-electron chi connectivity index (χ3n) is 6.71. The molecule has 0 aliphatic carbocycles. The third-order valence-corrected chi connectivity index (χ3v) is 6.71. The summed E-state index contributed by atoms with van der Waals surface area (Å²) in [5.41, 5.74) is 4.48. The average Bonchev–Trinajstić information content (AvgIpc) is 3.25. The molecule has 8 heteroatoms. The summed E-state index contributed by atoms with van der Waals surface area (Å²) in [6.45, 7) is 8.50. The van der Waals surface area contributed by atoms with E-state index >= 15 is 0 Å². The van der Waals surface area contributed by atoms with Crippen molar-refractivity contribution in [2.24, 2.45) is 5.10 Å². The summed E-state index contributed by atoms with van der Waals surface area (Å²) in [7, 11) is 0. The first-order valence-electron chi connectivity index (χ1n) is 12.9. The second kappa shape index (κ2) is 10.6. The number of hydrogen-bond acceptors (Lipinski definition) is 5. The van der Waals surface area contributed by atoms with E-state index in [1.165, 1.54) is 4.68 Å². The molecule has 0 saturated heterocycles. The van der Waals surface area contributed by atoms with Gasteiger partial charge >= 0.3 is 5.97 Å². The molecule has 5 rings (SSSR count). The zero-order chi connectivity index (χ0) is 27.7. The zero-order valence-electron chi connectivity index (χ0n) is 22.4. The number of aliphatic carboxylic acids is 1. The Labute approximate surface area is 225 Å². The minimum absolute atomic E-state index is 0.180. The SMILES string of the molecule is CCOc1cc(C)c(-c2nc3ccccc3c(=O)n2N=Cc2cn(CC(=O)O)c3ccccc23)cc1C(C)C. The molecule has 1 N–H and O–H groups in total. The van der Waals surface area contributed by atoms with Gasteiger partial charge in [0.05, 0.1) is 23.7 Å². The molecule has 39 heavy (non-hydrogen) atoms. The molecule has 0 bridgehead atoms. The van der Waals surface area contributed by atoms with Gasteiger partial charge in [0.25, 0.3) is 5.56 Å². The summed E-state index contributed by atoms with van der Waals surface area (Å²) in [6, 6.07) is 18.8. The fourth-order valence-electron chi connectivity index (χ4n) is 4.85. The Balaban J connectivity index is 1.74. The molecule has 0 amide bonds. The molecular weight excluding hydrogens is 492 g/mol.